The van der Waals surface area contributed by atoms with Crippen LogP contribution in [0.5, 0.6) is 0 Å². The number of imidazole rings is 1. The summed E-state index contributed by atoms with van der Waals surface area (Å²) in [5, 5.41) is 0. The predicted molar refractivity (Wildman–Crippen MR) is 83.5 cm³/mol. The molecule has 1 aromatic carbocycles. The average Bonchev–Trinajstić information content (AvgIpc) is 3.23. The highest BCUT2D eigenvalue weighted by molar-refractivity contribution is 5.94. The third-order valence-corrected chi connectivity index (χ3v) is 4.15. The van der Waals surface area contributed by atoms with E-state index in [0.717, 1.165) is 37.0 Å². The topological polar surface area (TPSA) is 50.5 Å². The zero-order chi connectivity index (χ0) is 15.8. The lowest BCUT2D eigenvalue weighted by Crippen LogP contribution is -2.29. The Bertz CT molecular complexity index is 866. The lowest BCUT2D eigenvalue weighted by atomic mass is 10.1. The monoisotopic (exact) mass is 310 g/mol. The Morgan fingerprint density at radius 2 is 1.87 bits per heavy atom. The smallest absolute Gasteiger partial charge is 0.290 e. The molecular weight excluding hydrogens is 295 g/mol. The summed E-state index contributed by atoms with van der Waals surface area (Å²) >= 11 is 0. The fourth-order valence-electron chi connectivity index (χ4n) is 2.97. The first-order valence-electron chi connectivity index (χ1n) is 7.61. The largest absolute Gasteiger partial charge is 0.336 e. The number of carbonyl (C=O) groups is 1. The van der Waals surface area contributed by atoms with E-state index in [1.807, 2.05) is 4.90 Å². The van der Waals surface area contributed by atoms with Crippen LogP contribution in [-0.2, 0) is 0 Å². The third kappa shape index (κ3) is 2.36. The molecule has 0 bridgehead atoms. The second-order valence-electron chi connectivity index (χ2n) is 5.62. The number of rotatable bonds is 2. The third-order valence-electron chi connectivity index (χ3n) is 4.15. The van der Waals surface area contributed by atoms with Crippen LogP contribution in [0.25, 0.3) is 16.8 Å². The minimum Gasteiger partial charge on any atom is -0.336 e. The summed E-state index contributed by atoms with van der Waals surface area (Å²) in [6.45, 7) is 1.54. The zero-order valence-corrected chi connectivity index (χ0v) is 12.4. The number of amides is 1. The molecule has 1 saturated heterocycles. The molecule has 23 heavy (non-hydrogen) atoms. The Morgan fingerprint density at radius 3 is 2.61 bits per heavy atom. The van der Waals surface area contributed by atoms with Gasteiger partial charge in [0.1, 0.15) is 5.82 Å². The van der Waals surface area contributed by atoms with Crippen LogP contribution in [-0.4, -0.2) is 38.3 Å². The van der Waals surface area contributed by atoms with Gasteiger partial charge in [-0.3, -0.25) is 14.2 Å². The SMILES string of the molecule is O=C(c1nc(-c2ccc(F)cc2)c2cnccn12)N1CCCC1. The number of benzene rings is 1. The van der Waals surface area contributed by atoms with Crippen molar-refractivity contribution in [3.8, 4) is 11.3 Å². The lowest BCUT2D eigenvalue weighted by molar-refractivity contribution is 0.0780. The number of likely N-dealkylation sites (tertiary alicyclic amines) is 1. The molecule has 4 rings (SSSR count). The van der Waals surface area contributed by atoms with E-state index < -0.39 is 0 Å². The number of nitrogens with zero attached hydrogens (tertiary/aromatic N) is 4. The first kappa shape index (κ1) is 13.9. The Kier molecular flexibility index (Phi) is 3.29. The van der Waals surface area contributed by atoms with E-state index in [9.17, 15) is 9.18 Å². The van der Waals surface area contributed by atoms with Gasteiger partial charge in [-0.2, -0.15) is 0 Å². The molecule has 116 valence electrons. The van der Waals surface area contributed by atoms with Crippen molar-refractivity contribution in [3.05, 3.63) is 54.5 Å². The summed E-state index contributed by atoms with van der Waals surface area (Å²) < 4.78 is 14.9. The molecule has 0 aliphatic carbocycles. The highest BCUT2D eigenvalue weighted by Crippen LogP contribution is 2.25. The quantitative estimate of drug-likeness (QED) is 0.731. The summed E-state index contributed by atoms with van der Waals surface area (Å²) in [5.74, 6) is 0.00411. The second-order valence-corrected chi connectivity index (χ2v) is 5.62. The molecule has 0 spiro atoms. The summed E-state index contributed by atoms with van der Waals surface area (Å²) in [6.07, 6.45) is 7.10. The van der Waals surface area contributed by atoms with Crippen molar-refractivity contribution in [2.75, 3.05) is 13.1 Å². The Morgan fingerprint density at radius 1 is 1.13 bits per heavy atom. The molecule has 2 aromatic heterocycles. The molecular formula is C17H15FN4O. The molecule has 3 heterocycles. The molecule has 6 heteroatoms. The maximum Gasteiger partial charge on any atom is 0.290 e. The number of aromatic nitrogens is 3. The van der Waals surface area contributed by atoms with Crippen molar-refractivity contribution in [2.24, 2.45) is 0 Å². The van der Waals surface area contributed by atoms with E-state index in [1.165, 1.54) is 12.1 Å². The number of hydrogen-bond acceptors (Lipinski definition) is 3. The van der Waals surface area contributed by atoms with E-state index in [2.05, 4.69) is 9.97 Å². The van der Waals surface area contributed by atoms with Crippen LogP contribution < -0.4 is 0 Å². The van der Waals surface area contributed by atoms with E-state index >= 15 is 0 Å². The van der Waals surface area contributed by atoms with Crippen molar-refractivity contribution >= 4 is 11.4 Å². The van der Waals surface area contributed by atoms with Crippen LogP contribution >= 0.6 is 0 Å². The standard InChI is InChI=1S/C17H15FN4O/c18-13-5-3-12(4-6-13)15-14-11-19-7-10-22(14)16(20-15)17(23)21-8-1-2-9-21/h3-7,10-11H,1-2,8-9H2. The molecule has 1 fully saturated rings. The van der Waals surface area contributed by atoms with Crippen LogP contribution in [0.4, 0.5) is 4.39 Å². The highest BCUT2D eigenvalue weighted by atomic mass is 19.1. The molecule has 0 unspecified atom stereocenters. The van der Waals surface area contributed by atoms with E-state index in [-0.39, 0.29) is 11.7 Å². The number of fused-ring (bicyclic) bond motifs is 1. The molecule has 1 aliphatic heterocycles. The maximum atomic E-state index is 13.2. The zero-order valence-electron chi connectivity index (χ0n) is 12.4. The van der Waals surface area contributed by atoms with E-state index in [0.29, 0.717) is 11.5 Å². The lowest BCUT2D eigenvalue weighted by Gasteiger charge is -2.13. The van der Waals surface area contributed by atoms with Gasteiger partial charge in [-0.05, 0) is 37.1 Å². The summed E-state index contributed by atoms with van der Waals surface area (Å²) in [4.78, 5) is 23.2. The van der Waals surface area contributed by atoms with Gasteiger partial charge in [-0.25, -0.2) is 9.37 Å². The molecule has 1 amide bonds. The Labute approximate surface area is 132 Å². The minimum atomic E-state index is -0.302. The van der Waals surface area contributed by atoms with Crippen LogP contribution in [0, 0.1) is 5.82 Å². The molecule has 3 aromatic rings. The molecule has 5 nitrogen and oxygen atoms in total. The normalized spacial score (nSPS) is 14.6. The Balaban J connectivity index is 1.86. The van der Waals surface area contributed by atoms with E-state index in [1.54, 1.807) is 35.1 Å². The fourth-order valence-corrected chi connectivity index (χ4v) is 2.97. The van der Waals surface area contributed by atoms with Crippen molar-refractivity contribution in [1.82, 2.24) is 19.3 Å². The van der Waals surface area contributed by atoms with Crippen molar-refractivity contribution in [2.45, 2.75) is 12.8 Å². The first-order valence-corrected chi connectivity index (χ1v) is 7.61. The van der Waals surface area contributed by atoms with Gasteiger partial charge in [0.15, 0.2) is 0 Å². The molecule has 0 atom stereocenters. The van der Waals surface area contributed by atoms with Gasteiger partial charge < -0.3 is 4.90 Å². The molecule has 0 radical (unpaired) electrons. The second kappa shape index (κ2) is 5.46. The highest BCUT2D eigenvalue weighted by Gasteiger charge is 2.25. The van der Waals surface area contributed by atoms with Crippen LogP contribution in [0.15, 0.2) is 42.9 Å². The Hall–Kier alpha value is -2.76. The molecule has 0 N–H and O–H groups in total. The van der Waals surface area contributed by atoms with Gasteiger partial charge >= 0.3 is 0 Å². The van der Waals surface area contributed by atoms with Gasteiger partial charge in [0.25, 0.3) is 5.91 Å². The van der Waals surface area contributed by atoms with Crippen LogP contribution in [0.2, 0.25) is 0 Å². The van der Waals surface area contributed by atoms with E-state index in [4.69, 9.17) is 0 Å². The molecule has 1 aliphatic rings. The van der Waals surface area contributed by atoms with Crippen molar-refractivity contribution < 1.29 is 9.18 Å². The maximum absolute atomic E-state index is 13.2. The minimum absolute atomic E-state index is 0.0722. The van der Waals surface area contributed by atoms with Gasteiger partial charge in [0, 0.05) is 31.0 Å². The summed E-state index contributed by atoms with van der Waals surface area (Å²) in [7, 11) is 0. The number of halogens is 1. The van der Waals surface area contributed by atoms with Crippen LogP contribution in [0.3, 0.4) is 0 Å². The van der Waals surface area contributed by atoms with Crippen molar-refractivity contribution in [1.29, 1.82) is 0 Å². The average molecular weight is 310 g/mol. The van der Waals surface area contributed by atoms with Gasteiger partial charge in [0.2, 0.25) is 5.82 Å². The first-order chi connectivity index (χ1) is 11.2. The fraction of sp³-hybridized carbons (Fsp3) is 0.235. The van der Waals surface area contributed by atoms with Crippen LogP contribution in [0.1, 0.15) is 23.5 Å². The van der Waals surface area contributed by atoms with Gasteiger partial charge in [-0.15, -0.1) is 0 Å². The predicted octanol–water partition coefficient (Wildman–Crippen LogP) is 2.77. The summed E-state index contributed by atoms with van der Waals surface area (Å²) in [5.41, 5.74) is 2.14. The van der Waals surface area contributed by atoms with Gasteiger partial charge in [-0.1, -0.05) is 0 Å². The van der Waals surface area contributed by atoms with Crippen molar-refractivity contribution in [3.63, 3.8) is 0 Å². The number of carbonyl (C=O) groups excluding carboxylic acids is 1. The van der Waals surface area contributed by atoms with Gasteiger partial charge in [0.05, 0.1) is 17.4 Å². The molecule has 0 saturated carbocycles. The number of hydrogen-bond donors (Lipinski definition) is 0. The summed E-state index contributed by atoms with van der Waals surface area (Å²) in [6, 6.07) is 6.10.